The minimum Gasteiger partial charge on any atom is -0.467 e. The average Bonchev–Trinajstić information content (AvgIpc) is 3.40. The number of nitrogens with zero attached hydrogens (tertiary/aromatic N) is 2. The van der Waals surface area contributed by atoms with Crippen LogP contribution >= 0.6 is 23.1 Å². The van der Waals surface area contributed by atoms with Crippen molar-refractivity contribution in [3.8, 4) is 0 Å². The maximum atomic E-state index is 13.5. The van der Waals surface area contributed by atoms with Gasteiger partial charge in [-0.15, -0.1) is 11.8 Å². The van der Waals surface area contributed by atoms with E-state index in [0.29, 0.717) is 31.9 Å². The van der Waals surface area contributed by atoms with Crippen molar-refractivity contribution in [2.45, 2.75) is 35.4 Å². The zero-order chi connectivity index (χ0) is 22.9. The van der Waals surface area contributed by atoms with Gasteiger partial charge in [-0.3, -0.25) is 9.69 Å². The number of carbonyl (C=O) groups excluding carboxylic acids is 1. The Morgan fingerprint density at radius 1 is 1.16 bits per heavy atom. The molecule has 9 heteroatoms. The molecular weight excluding hydrogens is 464 g/mol. The number of carbonyl (C=O) groups is 1. The van der Waals surface area contributed by atoms with Crippen LogP contribution in [0.5, 0.6) is 0 Å². The van der Waals surface area contributed by atoms with Gasteiger partial charge in [0.1, 0.15) is 5.76 Å². The van der Waals surface area contributed by atoms with Gasteiger partial charge in [0.25, 0.3) is 5.91 Å². The molecule has 32 heavy (non-hydrogen) atoms. The molecule has 0 aliphatic heterocycles. The molecule has 0 unspecified atom stereocenters. The summed E-state index contributed by atoms with van der Waals surface area (Å²) in [6.07, 6.45) is 2.73. The fourth-order valence-corrected chi connectivity index (χ4v) is 5.69. The van der Waals surface area contributed by atoms with Crippen molar-refractivity contribution < 1.29 is 17.6 Å². The Balaban J connectivity index is 1.71. The molecule has 0 atom stereocenters. The number of thiazole rings is 1. The van der Waals surface area contributed by atoms with E-state index in [4.69, 9.17) is 4.42 Å². The third kappa shape index (κ3) is 5.06. The zero-order valence-electron chi connectivity index (χ0n) is 17.8. The molecule has 4 rings (SSSR count). The van der Waals surface area contributed by atoms with E-state index >= 15 is 0 Å². The number of fused-ring (bicyclic) bond motifs is 1. The predicted octanol–water partition coefficient (Wildman–Crippen LogP) is 5.64. The lowest BCUT2D eigenvalue weighted by Gasteiger charge is -2.19. The molecule has 0 aliphatic carbocycles. The van der Waals surface area contributed by atoms with Crippen LogP contribution in [-0.4, -0.2) is 30.8 Å². The normalized spacial score (nSPS) is 11.9. The molecule has 0 radical (unpaired) electrons. The first-order valence-electron chi connectivity index (χ1n) is 9.92. The first-order chi connectivity index (χ1) is 15.2. The van der Waals surface area contributed by atoms with Crippen LogP contribution in [0.25, 0.3) is 10.2 Å². The number of hydrogen-bond acceptors (Lipinski definition) is 7. The number of anilines is 1. The number of sulfone groups is 1. The summed E-state index contributed by atoms with van der Waals surface area (Å²) in [7, 11) is -3.34. The molecule has 0 N–H and O–H groups in total. The van der Waals surface area contributed by atoms with E-state index < -0.39 is 9.84 Å². The lowest BCUT2D eigenvalue weighted by Crippen LogP contribution is -2.30. The maximum absolute atomic E-state index is 13.5. The van der Waals surface area contributed by atoms with Gasteiger partial charge in [0.05, 0.1) is 27.9 Å². The standard InChI is InChI=1S/C23H22N2O4S3/c1-15(2)30-18-8-6-16(7-9-18)22(26)25(14-17-5-4-12-29-17)23-24-20-11-10-19(32(3,27)28)13-21(20)31-23/h4-13,15H,14H2,1-3H3. The number of rotatable bonds is 7. The SMILES string of the molecule is CC(C)Sc1ccc(C(=O)N(Cc2ccco2)c2nc3ccc(S(C)(=O)=O)cc3s2)cc1. The molecule has 0 saturated heterocycles. The van der Waals surface area contributed by atoms with Crippen molar-refractivity contribution in [3.05, 3.63) is 72.2 Å². The molecule has 4 aromatic rings. The van der Waals surface area contributed by atoms with Gasteiger partial charge in [-0.1, -0.05) is 25.2 Å². The number of hydrogen-bond donors (Lipinski definition) is 0. The topological polar surface area (TPSA) is 80.5 Å². The van der Waals surface area contributed by atoms with Crippen LogP contribution in [0.4, 0.5) is 5.13 Å². The van der Waals surface area contributed by atoms with Gasteiger partial charge in [-0.25, -0.2) is 13.4 Å². The van der Waals surface area contributed by atoms with E-state index in [-0.39, 0.29) is 17.3 Å². The van der Waals surface area contributed by atoms with E-state index in [2.05, 4.69) is 18.8 Å². The van der Waals surface area contributed by atoms with Gasteiger partial charge >= 0.3 is 0 Å². The largest absolute Gasteiger partial charge is 0.467 e. The number of thioether (sulfide) groups is 1. The highest BCUT2D eigenvalue weighted by molar-refractivity contribution is 7.99. The quantitative estimate of drug-likeness (QED) is 0.315. The van der Waals surface area contributed by atoms with Crippen molar-refractivity contribution in [3.63, 3.8) is 0 Å². The minimum atomic E-state index is -3.34. The van der Waals surface area contributed by atoms with Crippen molar-refractivity contribution in [2.24, 2.45) is 0 Å². The van der Waals surface area contributed by atoms with Gasteiger partial charge in [0.15, 0.2) is 15.0 Å². The summed E-state index contributed by atoms with van der Waals surface area (Å²) in [5, 5.41) is 0.930. The highest BCUT2D eigenvalue weighted by atomic mass is 32.2. The summed E-state index contributed by atoms with van der Waals surface area (Å²) >= 11 is 3.01. The van der Waals surface area contributed by atoms with E-state index in [1.54, 1.807) is 47.2 Å². The van der Waals surface area contributed by atoms with E-state index in [0.717, 1.165) is 4.90 Å². The molecule has 0 bridgehead atoms. The lowest BCUT2D eigenvalue weighted by atomic mass is 10.2. The summed E-state index contributed by atoms with van der Waals surface area (Å²) in [5.74, 6) is 0.423. The van der Waals surface area contributed by atoms with E-state index in [9.17, 15) is 13.2 Å². The molecular formula is C23H22N2O4S3. The van der Waals surface area contributed by atoms with Crippen LogP contribution in [0.2, 0.25) is 0 Å². The molecule has 1 amide bonds. The number of furan rings is 1. The Morgan fingerprint density at radius 3 is 2.53 bits per heavy atom. The highest BCUT2D eigenvalue weighted by Gasteiger charge is 2.23. The molecule has 0 aliphatic rings. The summed E-state index contributed by atoms with van der Waals surface area (Å²) in [6.45, 7) is 4.46. The molecule has 6 nitrogen and oxygen atoms in total. The summed E-state index contributed by atoms with van der Waals surface area (Å²) in [5.41, 5.74) is 1.18. The van der Waals surface area contributed by atoms with Gasteiger partial charge < -0.3 is 4.42 Å². The smallest absolute Gasteiger partial charge is 0.260 e. The summed E-state index contributed by atoms with van der Waals surface area (Å²) in [4.78, 5) is 20.9. The predicted molar refractivity (Wildman–Crippen MR) is 129 cm³/mol. The van der Waals surface area contributed by atoms with E-state index in [1.165, 1.54) is 23.7 Å². The first kappa shape index (κ1) is 22.6. The second-order valence-electron chi connectivity index (χ2n) is 7.56. The molecule has 0 spiro atoms. The fourth-order valence-electron chi connectivity index (χ4n) is 3.13. The second kappa shape index (κ2) is 9.09. The average molecular weight is 487 g/mol. The molecule has 166 valence electrons. The monoisotopic (exact) mass is 486 g/mol. The Labute approximate surface area is 195 Å². The summed E-state index contributed by atoms with van der Waals surface area (Å²) < 4.78 is 30.0. The third-order valence-electron chi connectivity index (χ3n) is 4.62. The Bertz CT molecular complexity index is 1340. The first-order valence-corrected chi connectivity index (χ1v) is 13.5. The molecule has 2 aromatic heterocycles. The van der Waals surface area contributed by atoms with Gasteiger partial charge in [0.2, 0.25) is 0 Å². The van der Waals surface area contributed by atoms with Gasteiger partial charge in [0, 0.05) is 22.0 Å². The third-order valence-corrected chi connectivity index (χ3v) is 7.79. The zero-order valence-corrected chi connectivity index (χ0v) is 20.3. The number of amides is 1. The lowest BCUT2D eigenvalue weighted by molar-refractivity contribution is 0.0983. The van der Waals surface area contributed by atoms with Crippen LogP contribution in [0.15, 0.2) is 75.1 Å². The summed E-state index contributed by atoms with van der Waals surface area (Å²) in [6, 6.07) is 15.9. The minimum absolute atomic E-state index is 0.204. The fraction of sp³-hybridized carbons (Fsp3) is 0.217. The Kier molecular flexibility index (Phi) is 6.41. The second-order valence-corrected chi connectivity index (χ2v) is 12.2. The van der Waals surface area contributed by atoms with Crippen molar-refractivity contribution in [2.75, 3.05) is 11.2 Å². The molecule has 2 aromatic carbocycles. The van der Waals surface area contributed by atoms with Crippen molar-refractivity contribution in [1.29, 1.82) is 0 Å². The maximum Gasteiger partial charge on any atom is 0.260 e. The van der Waals surface area contributed by atoms with Crippen LogP contribution in [0, 0.1) is 0 Å². The van der Waals surface area contributed by atoms with Crippen LogP contribution in [0.1, 0.15) is 30.0 Å². The Morgan fingerprint density at radius 2 is 1.91 bits per heavy atom. The highest BCUT2D eigenvalue weighted by Crippen LogP contribution is 2.33. The number of aromatic nitrogens is 1. The Hall–Kier alpha value is -2.62. The molecule has 0 saturated carbocycles. The van der Waals surface area contributed by atoms with Gasteiger partial charge in [-0.2, -0.15) is 0 Å². The van der Waals surface area contributed by atoms with Crippen molar-refractivity contribution in [1.82, 2.24) is 4.98 Å². The molecule has 0 fully saturated rings. The van der Waals surface area contributed by atoms with Crippen LogP contribution in [-0.2, 0) is 16.4 Å². The number of benzene rings is 2. The van der Waals surface area contributed by atoms with Crippen LogP contribution < -0.4 is 4.90 Å². The van der Waals surface area contributed by atoms with Crippen molar-refractivity contribution >= 4 is 54.2 Å². The molecule has 2 heterocycles. The van der Waals surface area contributed by atoms with Crippen LogP contribution in [0.3, 0.4) is 0 Å². The van der Waals surface area contributed by atoms with E-state index in [1.807, 2.05) is 24.3 Å². The van der Waals surface area contributed by atoms with Gasteiger partial charge in [-0.05, 0) is 54.6 Å².